The molecular formula is C15H18BrN3. The molecule has 2 aromatic rings. The molecule has 0 amide bonds. The molecule has 3 nitrogen and oxygen atoms in total. The molecule has 100 valence electrons. The number of nitrogens with zero attached hydrogens (tertiary/aromatic N) is 2. The van der Waals surface area contributed by atoms with Crippen molar-refractivity contribution >= 4 is 15.9 Å². The Balaban J connectivity index is 2.20. The van der Waals surface area contributed by atoms with Crippen molar-refractivity contribution < 1.29 is 0 Å². The summed E-state index contributed by atoms with van der Waals surface area (Å²) in [7, 11) is 0. The molecule has 1 aromatic heterocycles. The van der Waals surface area contributed by atoms with Crippen LogP contribution >= 0.6 is 15.9 Å². The van der Waals surface area contributed by atoms with Gasteiger partial charge in [-0.05, 0) is 38.5 Å². The molecule has 4 heteroatoms. The van der Waals surface area contributed by atoms with Gasteiger partial charge in [-0.2, -0.15) is 0 Å². The van der Waals surface area contributed by atoms with Crippen molar-refractivity contribution in [3.05, 3.63) is 46.8 Å². The Bertz CT molecular complexity index is 561. The summed E-state index contributed by atoms with van der Waals surface area (Å²) in [6.07, 6.45) is 3.47. The van der Waals surface area contributed by atoms with Gasteiger partial charge in [0.2, 0.25) is 0 Å². The fourth-order valence-electron chi connectivity index (χ4n) is 1.76. The zero-order valence-corrected chi connectivity index (χ0v) is 12.8. The standard InChI is InChI=1S/C15H18BrN3/c1-15(2,17)8-6-14-18-9-7-13(19-14)11-4-3-5-12(16)10-11/h3-5,7,9-10H,6,8,17H2,1-2H3. The first kappa shape index (κ1) is 14.2. The van der Waals surface area contributed by atoms with Crippen LogP contribution in [0.15, 0.2) is 41.0 Å². The maximum Gasteiger partial charge on any atom is 0.129 e. The van der Waals surface area contributed by atoms with Gasteiger partial charge in [-0.15, -0.1) is 0 Å². The zero-order valence-electron chi connectivity index (χ0n) is 11.2. The molecule has 0 unspecified atom stereocenters. The molecule has 0 aliphatic carbocycles. The summed E-state index contributed by atoms with van der Waals surface area (Å²) in [6.45, 7) is 4.04. The van der Waals surface area contributed by atoms with E-state index in [0.29, 0.717) is 0 Å². The zero-order chi connectivity index (χ0) is 13.9. The van der Waals surface area contributed by atoms with Crippen LogP contribution in [0.3, 0.4) is 0 Å². The number of benzene rings is 1. The van der Waals surface area contributed by atoms with Crippen LogP contribution in [-0.2, 0) is 6.42 Å². The van der Waals surface area contributed by atoms with Crippen LogP contribution < -0.4 is 5.73 Å². The second kappa shape index (κ2) is 5.80. The summed E-state index contributed by atoms with van der Waals surface area (Å²) in [5.74, 6) is 0.844. The highest BCUT2D eigenvalue weighted by atomic mass is 79.9. The Morgan fingerprint density at radius 3 is 2.74 bits per heavy atom. The lowest BCUT2D eigenvalue weighted by atomic mass is 10.00. The van der Waals surface area contributed by atoms with Gasteiger partial charge in [-0.25, -0.2) is 9.97 Å². The molecule has 0 aliphatic heterocycles. The van der Waals surface area contributed by atoms with Crippen LogP contribution in [0.1, 0.15) is 26.1 Å². The first-order valence-corrected chi connectivity index (χ1v) is 7.10. The van der Waals surface area contributed by atoms with E-state index in [2.05, 4.69) is 32.0 Å². The van der Waals surface area contributed by atoms with Crippen LogP contribution in [0.25, 0.3) is 11.3 Å². The number of hydrogen-bond acceptors (Lipinski definition) is 3. The van der Waals surface area contributed by atoms with Gasteiger partial charge in [0.15, 0.2) is 0 Å². The molecule has 0 spiro atoms. The number of nitrogens with two attached hydrogens (primary N) is 1. The summed E-state index contributed by atoms with van der Waals surface area (Å²) < 4.78 is 1.05. The lowest BCUT2D eigenvalue weighted by Crippen LogP contribution is -2.32. The second-order valence-corrected chi connectivity index (χ2v) is 6.27. The van der Waals surface area contributed by atoms with Crippen molar-refractivity contribution in [1.29, 1.82) is 0 Å². The van der Waals surface area contributed by atoms with Gasteiger partial charge in [0.25, 0.3) is 0 Å². The van der Waals surface area contributed by atoms with Crippen molar-refractivity contribution in [2.24, 2.45) is 5.73 Å². The van der Waals surface area contributed by atoms with Gasteiger partial charge in [0.05, 0.1) is 5.69 Å². The molecule has 1 aromatic carbocycles. The van der Waals surface area contributed by atoms with Gasteiger partial charge >= 0.3 is 0 Å². The molecule has 2 N–H and O–H groups in total. The number of aromatic nitrogens is 2. The summed E-state index contributed by atoms with van der Waals surface area (Å²) in [5.41, 5.74) is 7.84. The van der Waals surface area contributed by atoms with Gasteiger partial charge < -0.3 is 5.73 Å². The molecule has 0 fully saturated rings. The fourth-order valence-corrected chi connectivity index (χ4v) is 2.16. The SMILES string of the molecule is CC(C)(N)CCc1nccc(-c2cccc(Br)c2)n1. The van der Waals surface area contributed by atoms with Gasteiger partial charge in [-0.3, -0.25) is 0 Å². The maximum absolute atomic E-state index is 5.99. The Kier molecular flexibility index (Phi) is 4.32. The van der Waals surface area contributed by atoms with E-state index < -0.39 is 0 Å². The van der Waals surface area contributed by atoms with E-state index in [9.17, 15) is 0 Å². The smallest absolute Gasteiger partial charge is 0.129 e. The predicted octanol–water partition coefficient (Wildman–Crippen LogP) is 3.58. The van der Waals surface area contributed by atoms with Crippen molar-refractivity contribution in [3.8, 4) is 11.3 Å². The van der Waals surface area contributed by atoms with E-state index in [0.717, 1.165) is 34.4 Å². The molecule has 0 saturated heterocycles. The first-order chi connectivity index (χ1) is 8.94. The average molecular weight is 320 g/mol. The molecule has 0 saturated carbocycles. The molecule has 0 radical (unpaired) electrons. The fraction of sp³-hybridized carbons (Fsp3) is 0.333. The lowest BCUT2D eigenvalue weighted by Gasteiger charge is -2.17. The highest BCUT2D eigenvalue weighted by Crippen LogP contribution is 2.21. The summed E-state index contributed by atoms with van der Waals surface area (Å²) in [5, 5.41) is 0. The minimum Gasteiger partial charge on any atom is -0.326 e. The Hall–Kier alpha value is -1.26. The molecule has 0 aliphatic rings. The molecule has 0 bridgehead atoms. The topological polar surface area (TPSA) is 51.8 Å². The van der Waals surface area contributed by atoms with E-state index in [4.69, 9.17) is 5.73 Å². The Morgan fingerprint density at radius 2 is 2.05 bits per heavy atom. The van der Waals surface area contributed by atoms with E-state index in [1.165, 1.54) is 0 Å². The summed E-state index contributed by atoms with van der Waals surface area (Å²) in [4.78, 5) is 8.91. The highest BCUT2D eigenvalue weighted by Gasteiger charge is 2.12. The lowest BCUT2D eigenvalue weighted by molar-refractivity contribution is 0.471. The molecule has 2 rings (SSSR count). The number of halogens is 1. The summed E-state index contributed by atoms with van der Waals surface area (Å²) >= 11 is 3.47. The van der Waals surface area contributed by atoms with Crippen molar-refractivity contribution in [2.45, 2.75) is 32.2 Å². The van der Waals surface area contributed by atoms with Crippen LogP contribution in [-0.4, -0.2) is 15.5 Å². The van der Waals surface area contributed by atoms with Crippen LogP contribution in [0.2, 0.25) is 0 Å². The minimum absolute atomic E-state index is 0.185. The number of aryl methyl sites for hydroxylation is 1. The average Bonchev–Trinajstić information content (AvgIpc) is 2.36. The minimum atomic E-state index is -0.185. The van der Waals surface area contributed by atoms with E-state index >= 15 is 0 Å². The van der Waals surface area contributed by atoms with Crippen molar-refractivity contribution in [3.63, 3.8) is 0 Å². The molecular weight excluding hydrogens is 302 g/mol. The Labute approximate surface area is 122 Å². The van der Waals surface area contributed by atoms with E-state index in [-0.39, 0.29) is 5.54 Å². The van der Waals surface area contributed by atoms with Crippen LogP contribution in [0.5, 0.6) is 0 Å². The Morgan fingerprint density at radius 1 is 1.26 bits per heavy atom. The van der Waals surface area contributed by atoms with Crippen LogP contribution in [0, 0.1) is 0 Å². The third-order valence-electron chi connectivity index (χ3n) is 2.82. The second-order valence-electron chi connectivity index (χ2n) is 5.36. The molecule has 19 heavy (non-hydrogen) atoms. The third kappa shape index (κ3) is 4.40. The number of hydrogen-bond donors (Lipinski definition) is 1. The third-order valence-corrected chi connectivity index (χ3v) is 3.31. The van der Waals surface area contributed by atoms with E-state index in [1.54, 1.807) is 0 Å². The van der Waals surface area contributed by atoms with Crippen LogP contribution in [0.4, 0.5) is 0 Å². The summed E-state index contributed by atoms with van der Waals surface area (Å²) in [6, 6.07) is 10.0. The van der Waals surface area contributed by atoms with Crippen molar-refractivity contribution in [2.75, 3.05) is 0 Å². The maximum atomic E-state index is 5.99. The molecule has 1 heterocycles. The first-order valence-electron chi connectivity index (χ1n) is 6.31. The monoisotopic (exact) mass is 319 g/mol. The number of rotatable bonds is 4. The highest BCUT2D eigenvalue weighted by molar-refractivity contribution is 9.10. The van der Waals surface area contributed by atoms with Gasteiger partial charge in [0, 0.05) is 28.2 Å². The molecule has 0 atom stereocenters. The van der Waals surface area contributed by atoms with Gasteiger partial charge in [0.1, 0.15) is 5.82 Å². The quantitative estimate of drug-likeness (QED) is 0.937. The normalized spacial score (nSPS) is 11.6. The van der Waals surface area contributed by atoms with Gasteiger partial charge in [-0.1, -0.05) is 28.1 Å². The van der Waals surface area contributed by atoms with Crippen molar-refractivity contribution in [1.82, 2.24) is 9.97 Å². The predicted molar refractivity (Wildman–Crippen MR) is 81.8 cm³/mol. The van der Waals surface area contributed by atoms with E-state index in [1.807, 2.05) is 44.3 Å². The largest absolute Gasteiger partial charge is 0.326 e.